The monoisotopic (exact) mass is 369 g/mol. The number of esters is 1. The van der Waals surface area contributed by atoms with Gasteiger partial charge in [0.15, 0.2) is 5.76 Å². The maximum absolute atomic E-state index is 12.7. The Morgan fingerprint density at radius 3 is 2.63 bits per heavy atom. The summed E-state index contributed by atoms with van der Waals surface area (Å²) >= 11 is 0. The van der Waals surface area contributed by atoms with Crippen LogP contribution in [0, 0.1) is 6.92 Å². The van der Waals surface area contributed by atoms with E-state index in [-0.39, 0.29) is 12.2 Å². The largest absolute Gasteiger partial charge is 0.503 e. The summed E-state index contributed by atoms with van der Waals surface area (Å²) in [7, 11) is 0. The number of rotatable bonds is 7. The predicted molar refractivity (Wildman–Crippen MR) is 98.8 cm³/mol. The van der Waals surface area contributed by atoms with Gasteiger partial charge < -0.3 is 19.3 Å². The molecule has 1 atom stereocenters. The Bertz CT molecular complexity index is 841. The number of hydrogen-bond donors (Lipinski definition) is 1. The molecule has 0 saturated heterocycles. The Balaban J connectivity index is 1.87. The highest BCUT2D eigenvalue weighted by molar-refractivity contribution is 6.06. The van der Waals surface area contributed by atoms with Crippen molar-refractivity contribution < 1.29 is 19.4 Å². The van der Waals surface area contributed by atoms with Crippen molar-refractivity contribution in [2.24, 2.45) is 0 Å². The molecule has 2 aromatic rings. The van der Waals surface area contributed by atoms with Gasteiger partial charge in [0.1, 0.15) is 5.57 Å². The SMILES string of the molecule is CCOC(=O)C1=C(O)C(=O)N(CCCn2ccnc2)[C@H]1c1ccc(C)cc1. The quantitative estimate of drug-likeness (QED) is 0.758. The van der Waals surface area contributed by atoms with Gasteiger partial charge >= 0.3 is 5.97 Å². The van der Waals surface area contributed by atoms with Crippen LogP contribution in [0.2, 0.25) is 0 Å². The summed E-state index contributed by atoms with van der Waals surface area (Å²) < 4.78 is 7.00. The maximum Gasteiger partial charge on any atom is 0.340 e. The van der Waals surface area contributed by atoms with Crippen molar-refractivity contribution in [3.63, 3.8) is 0 Å². The second-order valence-corrected chi connectivity index (χ2v) is 6.45. The molecule has 3 rings (SSSR count). The van der Waals surface area contributed by atoms with E-state index >= 15 is 0 Å². The number of carbonyl (C=O) groups is 2. The molecule has 1 aliphatic heterocycles. The first-order valence-electron chi connectivity index (χ1n) is 8.96. The third-order valence-corrected chi connectivity index (χ3v) is 4.57. The van der Waals surface area contributed by atoms with E-state index in [9.17, 15) is 14.7 Å². The molecular formula is C20H23N3O4. The highest BCUT2D eigenvalue weighted by atomic mass is 16.5. The number of nitrogens with zero attached hydrogens (tertiary/aromatic N) is 3. The van der Waals surface area contributed by atoms with Crippen LogP contribution in [0.25, 0.3) is 0 Å². The first-order chi connectivity index (χ1) is 13.0. The third-order valence-electron chi connectivity index (χ3n) is 4.57. The van der Waals surface area contributed by atoms with Gasteiger partial charge in [0.2, 0.25) is 0 Å². The van der Waals surface area contributed by atoms with E-state index in [0.717, 1.165) is 11.1 Å². The number of carbonyl (C=O) groups excluding carboxylic acids is 2. The molecule has 1 aromatic carbocycles. The second-order valence-electron chi connectivity index (χ2n) is 6.45. The fourth-order valence-electron chi connectivity index (χ4n) is 3.24. The molecule has 0 fully saturated rings. The maximum atomic E-state index is 12.7. The Morgan fingerprint density at radius 1 is 1.26 bits per heavy atom. The zero-order valence-corrected chi connectivity index (χ0v) is 15.5. The lowest BCUT2D eigenvalue weighted by Gasteiger charge is -2.26. The van der Waals surface area contributed by atoms with Gasteiger partial charge in [0, 0.05) is 25.5 Å². The topological polar surface area (TPSA) is 84.7 Å². The number of aliphatic hydroxyl groups is 1. The van der Waals surface area contributed by atoms with E-state index in [4.69, 9.17) is 4.74 Å². The molecule has 7 heteroatoms. The Labute approximate surface area is 157 Å². The molecule has 0 bridgehead atoms. The first kappa shape index (κ1) is 18.7. The summed E-state index contributed by atoms with van der Waals surface area (Å²) in [4.78, 5) is 30.6. The van der Waals surface area contributed by atoms with Crippen molar-refractivity contribution in [3.8, 4) is 0 Å². The van der Waals surface area contributed by atoms with Crippen LogP contribution in [-0.2, 0) is 20.9 Å². The minimum atomic E-state index is -0.661. The third kappa shape index (κ3) is 3.86. The lowest BCUT2D eigenvalue weighted by atomic mass is 9.98. The summed E-state index contributed by atoms with van der Waals surface area (Å²) in [6.45, 7) is 4.90. The van der Waals surface area contributed by atoms with E-state index in [1.54, 1.807) is 19.4 Å². The van der Waals surface area contributed by atoms with Crippen molar-refractivity contribution in [2.75, 3.05) is 13.2 Å². The molecule has 0 aliphatic carbocycles. The van der Waals surface area contributed by atoms with Gasteiger partial charge in [-0.1, -0.05) is 29.8 Å². The molecule has 27 heavy (non-hydrogen) atoms. The molecule has 1 aromatic heterocycles. The summed E-state index contributed by atoms with van der Waals surface area (Å²) in [5.41, 5.74) is 1.85. The molecule has 1 aliphatic rings. The fraction of sp³-hybridized carbons (Fsp3) is 0.350. The molecule has 0 saturated carbocycles. The fourth-order valence-corrected chi connectivity index (χ4v) is 3.24. The van der Waals surface area contributed by atoms with Crippen LogP contribution in [-0.4, -0.2) is 44.6 Å². The van der Waals surface area contributed by atoms with Crippen molar-refractivity contribution in [3.05, 3.63) is 65.4 Å². The van der Waals surface area contributed by atoms with Gasteiger partial charge in [0.25, 0.3) is 5.91 Å². The number of ether oxygens (including phenoxy) is 1. The number of benzene rings is 1. The normalized spacial score (nSPS) is 16.9. The van der Waals surface area contributed by atoms with Crippen molar-refractivity contribution in [2.45, 2.75) is 32.9 Å². The van der Waals surface area contributed by atoms with Gasteiger partial charge in [-0.05, 0) is 25.8 Å². The van der Waals surface area contributed by atoms with Crippen LogP contribution in [0.3, 0.4) is 0 Å². The van der Waals surface area contributed by atoms with E-state index < -0.39 is 23.7 Å². The summed E-state index contributed by atoms with van der Waals surface area (Å²) in [5.74, 6) is -1.73. The highest BCUT2D eigenvalue weighted by Gasteiger charge is 2.44. The molecule has 7 nitrogen and oxygen atoms in total. The molecule has 1 amide bonds. The van der Waals surface area contributed by atoms with Crippen molar-refractivity contribution in [1.82, 2.24) is 14.5 Å². The van der Waals surface area contributed by atoms with E-state index in [1.807, 2.05) is 42.0 Å². The Morgan fingerprint density at radius 2 is 2.00 bits per heavy atom. The van der Waals surface area contributed by atoms with Crippen LogP contribution >= 0.6 is 0 Å². The number of imidazole rings is 1. The lowest BCUT2D eigenvalue weighted by molar-refractivity contribution is -0.139. The molecule has 142 valence electrons. The second kappa shape index (κ2) is 8.07. The number of aromatic nitrogens is 2. The Hall–Kier alpha value is -3.09. The summed E-state index contributed by atoms with van der Waals surface area (Å²) in [6.07, 6.45) is 5.92. The van der Waals surface area contributed by atoms with Gasteiger partial charge in [-0.3, -0.25) is 4.79 Å². The van der Waals surface area contributed by atoms with Crippen molar-refractivity contribution >= 4 is 11.9 Å². The summed E-state index contributed by atoms with van der Waals surface area (Å²) in [5, 5.41) is 10.4. The van der Waals surface area contributed by atoms with Crippen LogP contribution in [0.15, 0.2) is 54.3 Å². The van der Waals surface area contributed by atoms with Gasteiger partial charge in [-0.15, -0.1) is 0 Å². The lowest BCUT2D eigenvalue weighted by Crippen LogP contribution is -2.32. The van der Waals surface area contributed by atoms with E-state index in [2.05, 4.69) is 4.98 Å². The van der Waals surface area contributed by atoms with Gasteiger partial charge in [0.05, 0.1) is 19.0 Å². The van der Waals surface area contributed by atoms with Crippen LogP contribution in [0.4, 0.5) is 0 Å². The molecule has 0 spiro atoms. The number of aryl methyl sites for hydroxylation is 2. The molecular weight excluding hydrogens is 346 g/mol. The first-order valence-corrected chi connectivity index (χ1v) is 8.96. The van der Waals surface area contributed by atoms with E-state index in [0.29, 0.717) is 19.5 Å². The van der Waals surface area contributed by atoms with Gasteiger partial charge in [-0.25, -0.2) is 9.78 Å². The Kier molecular flexibility index (Phi) is 5.59. The van der Waals surface area contributed by atoms with Crippen LogP contribution in [0.1, 0.15) is 30.5 Å². The zero-order valence-electron chi connectivity index (χ0n) is 15.5. The highest BCUT2D eigenvalue weighted by Crippen LogP contribution is 2.38. The van der Waals surface area contributed by atoms with Crippen molar-refractivity contribution in [1.29, 1.82) is 0 Å². The average molecular weight is 369 g/mol. The molecule has 0 unspecified atom stereocenters. The minimum Gasteiger partial charge on any atom is -0.503 e. The molecule has 1 N–H and O–H groups in total. The zero-order chi connectivity index (χ0) is 19.4. The number of hydrogen-bond acceptors (Lipinski definition) is 5. The molecule has 2 heterocycles. The van der Waals surface area contributed by atoms with Gasteiger partial charge in [-0.2, -0.15) is 0 Å². The average Bonchev–Trinajstić information content (AvgIpc) is 3.25. The minimum absolute atomic E-state index is 0.00772. The number of aliphatic hydroxyl groups excluding tert-OH is 1. The van der Waals surface area contributed by atoms with Crippen LogP contribution in [0.5, 0.6) is 0 Å². The predicted octanol–water partition coefficient (Wildman–Crippen LogP) is 2.54. The van der Waals surface area contributed by atoms with E-state index in [1.165, 1.54) is 4.90 Å². The standard InChI is InChI=1S/C20H23N3O4/c1-3-27-20(26)16-17(15-7-5-14(2)6-8-15)23(19(25)18(16)24)11-4-10-22-12-9-21-13-22/h5-9,12-13,17,24H,3-4,10-11H2,1-2H3/t17-/m0/s1. The van der Waals surface area contributed by atoms with Crippen LogP contribution < -0.4 is 0 Å². The molecule has 0 radical (unpaired) electrons. The number of amides is 1. The summed E-state index contributed by atoms with van der Waals surface area (Å²) in [6, 6.07) is 6.92. The smallest absolute Gasteiger partial charge is 0.340 e.